The second kappa shape index (κ2) is 7.81. The average Bonchev–Trinajstić information content (AvgIpc) is 3.17. The van der Waals surface area contributed by atoms with Gasteiger partial charge >= 0.3 is 0 Å². The third-order valence-electron chi connectivity index (χ3n) is 4.33. The molecule has 1 amide bonds. The highest BCUT2D eigenvalue weighted by Crippen LogP contribution is 2.26. The molecule has 0 aliphatic carbocycles. The standard InChI is InChI=1S/C21H17ClN4O3/c1-28-18-7-6-14(22)11-16(18)21(27)23-15-5-3-4-13(10-15)17-12-26-19(24-17)8-9-20(25-26)29-2/h3-12H,1-2H3,(H,23,27). The third kappa shape index (κ3) is 3.86. The smallest absolute Gasteiger partial charge is 0.259 e. The monoisotopic (exact) mass is 408 g/mol. The maximum Gasteiger partial charge on any atom is 0.259 e. The van der Waals surface area contributed by atoms with E-state index < -0.39 is 0 Å². The second-order valence-corrected chi connectivity index (χ2v) is 6.62. The molecule has 0 aliphatic rings. The number of ether oxygens (including phenoxy) is 2. The quantitative estimate of drug-likeness (QED) is 0.532. The van der Waals surface area contributed by atoms with Crippen LogP contribution in [0.1, 0.15) is 10.4 Å². The SMILES string of the molecule is COc1ccc2nc(-c3cccc(NC(=O)c4cc(Cl)ccc4OC)c3)cn2n1. The van der Waals surface area contributed by atoms with Gasteiger partial charge in [-0.3, -0.25) is 4.79 Å². The first-order chi connectivity index (χ1) is 14.1. The molecule has 2 aromatic carbocycles. The number of hydrogen-bond acceptors (Lipinski definition) is 5. The Morgan fingerprint density at radius 1 is 1.07 bits per heavy atom. The van der Waals surface area contributed by atoms with Crippen LogP contribution >= 0.6 is 11.6 Å². The maximum absolute atomic E-state index is 12.7. The lowest BCUT2D eigenvalue weighted by molar-refractivity contribution is 0.102. The van der Waals surface area contributed by atoms with Crippen LogP contribution in [-0.2, 0) is 0 Å². The number of carbonyl (C=O) groups is 1. The van der Waals surface area contributed by atoms with Crippen LogP contribution in [0.25, 0.3) is 16.9 Å². The largest absolute Gasteiger partial charge is 0.496 e. The summed E-state index contributed by atoms with van der Waals surface area (Å²) in [6, 6.07) is 15.9. The highest BCUT2D eigenvalue weighted by molar-refractivity contribution is 6.31. The van der Waals surface area contributed by atoms with E-state index in [1.165, 1.54) is 7.11 Å². The number of aromatic nitrogens is 3. The molecule has 0 saturated heterocycles. The van der Waals surface area contributed by atoms with Gasteiger partial charge in [-0.05, 0) is 36.4 Å². The minimum atomic E-state index is -0.317. The van der Waals surface area contributed by atoms with Crippen molar-refractivity contribution in [2.45, 2.75) is 0 Å². The van der Waals surface area contributed by atoms with Crippen LogP contribution in [0.5, 0.6) is 11.6 Å². The summed E-state index contributed by atoms with van der Waals surface area (Å²) >= 11 is 6.03. The Morgan fingerprint density at radius 3 is 2.72 bits per heavy atom. The van der Waals surface area contributed by atoms with Crippen molar-refractivity contribution in [2.75, 3.05) is 19.5 Å². The molecule has 0 spiro atoms. The van der Waals surface area contributed by atoms with Crippen molar-refractivity contribution < 1.29 is 14.3 Å². The Balaban J connectivity index is 1.62. The molecule has 0 atom stereocenters. The lowest BCUT2D eigenvalue weighted by atomic mass is 10.1. The molecule has 2 aromatic heterocycles. The van der Waals surface area contributed by atoms with Crippen LogP contribution in [0.4, 0.5) is 5.69 Å². The molecule has 4 rings (SSSR count). The van der Waals surface area contributed by atoms with Gasteiger partial charge in [-0.1, -0.05) is 23.7 Å². The number of nitrogens with one attached hydrogen (secondary N) is 1. The number of carbonyl (C=O) groups excluding carboxylic acids is 1. The Morgan fingerprint density at radius 2 is 1.93 bits per heavy atom. The summed E-state index contributed by atoms with van der Waals surface area (Å²) in [4.78, 5) is 17.3. The lowest BCUT2D eigenvalue weighted by Gasteiger charge is -2.10. The van der Waals surface area contributed by atoms with E-state index in [1.54, 1.807) is 48.2 Å². The van der Waals surface area contributed by atoms with E-state index in [0.717, 1.165) is 11.3 Å². The first-order valence-corrected chi connectivity index (χ1v) is 9.11. The van der Waals surface area contributed by atoms with Crippen molar-refractivity contribution in [3.8, 4) is 22.9 Å². The van der Waals surface area contributed by atoms with Gasteiger partial charge in [0.1, 0.15) is 5.75 Å². The number of rotatable bonds is 5. The molecule has 0 saturated carbocycles. The Kier molecular flexibility index (Phi) is 5.05. The van der Waals surface area contributed by atoms with Gasteiger partial charge in [0.25, 0.3) is 5.91 Å². The summed E-state index contributed by atoms with van der Waals surface area (Å²) in [5.41, 5.74) is 3.23. The number of fused-ring (bicyclic) bond motifs is 1. The van der Waals surface area contributed by atoms with E-state index in [2.05, 4.69) is 15.4 Å². The zero-order valence-corrected chi connectivity index (χ0v) is 16.5. The summed E-state index contributed by atoms with van der Waals surface area (Å²) < 4.78 is 12.0. The number of anilines is 1. The molecule has 0 fully saturated rings. The molecular weight excluding hydrogens is 392 g/mol. The molecule has 1 N–H and O–H groups in total. The predicted octanol–water partition coefficient (Wildman–Crippen LogP) is 4.32. The van der Waals surface area contributed by atoms with Crippen LogP contribution < -0.4 is 14.8 Å². The number of benzene rings is 2. The summed E-state index contributed by atoms with van der Waals surface area (Å²) in [7, 11) is 3.07. The van der Waals surface area contributed by atoms with E-state index in [0.29, 0.717) is 33.6 Å². The molecule has 0 bridgehead atoms. The van der Waals surface area contributed by atoms with Gasteiger partial charge in [0.15, 0.2) is 5.65 Å². The molecule has 2 heterocycles. The fourth-order valence-corrected chi connectivity index (χ4v) is 3.10. The molecule has 8 heteroatoms. The van der Waals surface area contributed by atoms with Crippen molar-refractivity contribution in [1.29, 1.82) is 0 Å². The van der Waals surface area contributed by atoms with E-state index in [4.69, 9.17) is 21.1 Å². The zero-order valence-electron chi connectivity index (χ0n) is 15.7. The van der Waals surface area contributed by atoms with Crippen LogP contribution in [0.3, 0.4) is 0 Å². The molecule has 0 aliphatic heterocycles. The number of hydrogen-bond donors (Lipinski definition) is 1. The highest BCUT2D eigenvalue weighted by Gasteiger charge is 2.14. The van der Waals surface area contributed by atoms with Crippen LogP contribution in [0, 0.1) is 0 Å². The molecule has 4 aromatic rings. The van der Waals surface area contributed by atoms with Crippen molar-refractivity contribution in [2.24, 2.45) is 0 Å². The summed E-state index contributed by atoms with van der Waals surface area (Å²) in [6.07, 6.45) is 1.80. The second-order valence-electron chi connectivity index (χ2n) is 6.18. The van der Waals surface area contributed by atoms with Crippen molar-refractivity contribution in [3.05, 3.63) is 71.4 Å². The van der Waals surface area contributed by atoms with Crippen molar-refractivity contribution >= 4 is 28.8 Å². The van der Waals surface area contributed by atoms with Gasteiger partial charge in [0.05, 0.1) is 31.7 Å². The van der Waals surface area contributed by atoms with Gasteiger partial charge in [-0.25, -0.2) is 9.50 Å². The van der Waals surface area contributed by atoms with Crippen LogP contribution in [0.2, 0.25) is 5.02 Å². The summed E-state index contributed by atoms with van der Waals surface area (Å²) in [5, 5.41) is 7.64. The lowest BCUT2D eigenvalue weighted by Crippen LogP contribution is -2.13. The Bertz CT molecular complexity index is 1210. The van der Waals surface area contributed by atoms with E-state index >= 15 is 0 Å². The number of amides is 1. The normalized spacial score (nSPS) is 10.7. The minimum Gasteiger partial charge on any atom is -0.496 e. The van der Waals surface area contributed by atoms with E-state index in [9.17, 15) is 4.79 Å². The number of nitrogens with zero attached hydrogens (tertiary/aromatic N) is 3. The van der Waals surface area contributed by atoms with Gasteiger partial charge in [-0.2, -0.15) is 0 Å². The first kappa shape index (κ1) is 18.8. The molecule has 146 valence electrons. The summed E-state index contributed by atoms with van der Waals surface area (Å²) in [5.74, 6) is 0.629. The fourth-order valence-electron chi connectivity index (χ4n) is 2.92. The minimum absolute atomic E-state index is 0.317. The van der Waals surface area contributed by atoms with Gasteiger partial charge in [0, 0.05) is 22.3 Å². The summed E-state index contributed by atoms with van der Waals surface area (Å²) in [6.45, 7) is 0. The Hall–Kier alpha value is -3.58. The number of methoxy groups -OCH3 is 2. The number of halogens is 1. The molecule has 7 nitrogen and oxygen atoms in total. The van der Waals surface area contributed by atoms with Crippen molar-refractivity contribution in [1.82, 2.24) is 14.6 Å². The van der Waals surface area contributed by atoms with E-state index in [-0.39, 0.29) is 5.91 Å². The Labute approximate surface area is 171 Å². The van der Waals surface area contributed by atoms with Crippen LogP contribution in [0.15, 0.2) is 60.8 Å². The van der Waals surface area contributed by atoms with Gasteiger partial charge < -0.3 is 14.8 Å². The zero-order chi connectivity index (χ0) is 20.4. The molecule has 0 unspecified atom stereocenters. The fraction of sp³-hybridized carbons (Fsp3) is 0.0952. The average molecular weight is 409 g/mol. The highest BCUT2D eigenvalue weighted by atomic mass is 35.5. The first-order valence-electron chi connectivity index (χ1n) is 8.73. The maximum atomic E-state index is 12.7. The predicted molar refractivity (Wildman–Crippen MR) is 111 cm³/mol. The topological polar surface area (TPSA) is 77.8 Å². The molecule has 0 radical (unpaired) electrons. The van der Waals surface area contributed by atoms with Gasteiger partial charge in [0.2, 0.25) is 5.88 Å². The molecular formula is C21H17ClN4O3. The third-order valence-corrected chi connectivity index (χ3v) is 4.56. The number of imidazole rings is 1. The molecule has 29 heavy (non-hydrogen) atoms. The van der Waals surface area contributed by atoms with Gasteiger partial charge in [-0.15, -0.1) is 5.10 Å². The van der Waals surface area contributed by atoms with Crippen molar-refractivity contribution in [3.63, 3.8) is 0 Å². The van der Waals surface area contributed by atoms with E-state index in [1.807, 2.05) is 24.3 Å². The van der Waals surface area contributed by atoms with Crippen LogP contribution in [-0.4, -0.2) is 34.7 Å².